The molecule has 0 radical (unpaired) electrons. The third-order valence-corrected chi connectivity index (χ3v) is 5.41. The van der Waals surface area contributed by atoms with Gasteiger partial charge < -0.3 is 15.1 Å². The van der Waals surface area contributed by atoms with E-state index in [0.29, 0.717) is 19.6 Å². The Morgan fingerprint density at radius 1 is 1.19 bits per heavy atom. The fourth-order valence-electron chi connectivity index (χ4n) is 3.70. The Bertz CT molecular complexity index is 640. The van der Waals surface area contributed by atoms with E-state index in [1.165, 1.54) is 11.3 Å². The number of benzene rings is 1. The lowest BCUT2D eigenvalue weighted by molar-refractivity contribution is 0.176. The highest BCUT2D eigenvalue weighted by Gasteiger charge is 2.22. The first-order valence-electron chi connectivity index (χ1n) is 9.62. The Hall–Kier alpha value is -2.26. The molecule has 0 saturated carbocycles. The van der Waals surface area contributed by atoms with Gasteiger partial charge in [-0.25, -0.2) is 4.79 Å². The summed E-state index contributed by atoms with van der Waals surface area (Å²) >= 11 is 0. The molecule has 2 saturated heterocycles. The summed E-state index contributed by atoms with van der Waals surface area (Å²) in [5.74, 6) is 0.115. The highest BCUT2D eigenvalue weighted by Crippen LogP contribution is 2.18. The minimum Gasteiger partial charge on any atom is -0.369 e. The van der Waals surface area contributed by atoms with Gasteiger partial charge in [0.25, 0.3) is 0 Å². The molecule has 0 unspecified atom stereocenters. The van der Waals surface area contributed by atoms with Crippen LogP contribution in [-0.2, 0) is 0 Å². The number of hydrogen-bond acceptors (Lipinski definition) is 4. The molecule has 0 aromatic heterocycles. The number of nitriles is 1. The number of likely N-dealkylation sites (tertiary alicyclic amines) is 1. The van der Waals surface area contributed by atoms with Crippen LogP contribution in [0.15, 0.2) is 24.3 Å². The lowest BCUT2D eigenvalue weighted by Crippen LogP contribution is -2.50. The number of urea groups is 1. The van der Waals surface area contributed by atoms with E-state index in [4.69, 9.17) is 5.26 Å². The Morgan fingerprint density at radius 3 is 2.58 bits per heavy atom. The first-order chi connectivity index (χ1) is 12.7. The van der Waals surface area contributed by atoms with Gasteiger partial charge in [0.1, 0.15) is 0 Å². The zero-order chi connectivity index (χ0) is 18.4. The van der Waals surface area contributed by atoms with E-state index in [-0.39, 0.29) is 11.9 Å². The second-order valence-electron chi connectivity index (χ2n) is 7.29. The van der Waals surface area contributed by atoms with Crippen molar-refractivity contribution in [2.45, 2.75) is 19.8 Å². The van der Waals surface area contributed by atoms with Crippen LogP contribution in [0, 0.1) is 24.2 Å². The van der Waals surface area contributed by atoms with E-state index in [2.05, 4.69) is 52.4 Å². The van der Waals surface area contributed by atoms with Gasteiger partial charge in [-0.2, -0.15) is 5.26 Å². The SMILES string of the molecule is Cc1cccc(N2CCN(CCNC(=O)N3CCC(C#N)CC3)CC2)c1. The zero-order valence-corrected chi connectivity index (χ0v) is 15.7. The predicted molar refractivity (Wildman–Crippen MR) is 103 cm³/mol. The molecule has 140 valence electrons. The summed E-state index contributed by atoms with van der Waals surface area (Å²) in [6.07, 6.45) is 1.59. The van der Waals surface area contributed by atoms with Crippen LogP contribution in [0.1, 0.15) is 18.4 Å². The van der Waals surface area contributed by atoms with Gasteiger partial charge in [0, 0.05) is 64.0 Å². The number of carbonyl (C=O) groups excluding carboxylic acids is 1. The van der Waals surface area contributed by atoms with Crippen molar-refractivity contribution in [1.82, 2.24) is 15.1 Å². The normalized spacial score (nSPS) is 19.2. The number of hydrogen-bond donors (Lipinski definition) is 1. The monoisotopic (exact) mass is 355 g/mol. The molecule has 0 atom stereocenters. The molecule has 6 nitrogen and oxygen atoms in total. The minimum atomic E-state index is 0.0137. The van der Waals surface area contributed by atoms with Gasteiger partial charge >= 0.3 is 6.03 Å². The molecule has 1 aromatic carbocycles. The second-order valence-corrected chi connectivity index (χ2v) is 7.29. The lowest BCUT2D eigenvalue weighted by Gasteiger charge is -2.36. The molecule has 2 heterocycles. The molecule has 1 aromatic rings. The fraction of sp³-hybridized carbons (Fsp3) is 0.600. The van der Waals surface area contributed by atoms with E-state index < -0.39 is 0 Å². The average Bonchev–Trinajstić information content (AvgIpc) is 2.68. The van der Waals surface area contributed by atoms with Gasteiger partial charge in [0.2, 0.25) is 0 Å². The highest BCUT2D eigenvalue weighted by molar-refractivity contribution is 5.74. The first-order valence-corrected chi connectivity index (χ1v) is 9.62. The van der Waals surface area contributed by atoms with Gasteiger partial charge in [0.15, 0.2) is 0 Å². The summed E-state index contributed by atoms with van der Waals surface area (Å²) in [5, 5.41) is 12.0. The summed E-state index contributed by atoms with van der Waals surface area (Å²) in [5.41, 5.74) is 2.60. The van der Waals surface area contributed by atoms with Crippen molar-refractivity contribution in [3.8, 4) is 6.07 Å². The molecular formula is C20H29N5O. The van der Waals surface area contributed by atoms with Gasteiger partial charge in [-0.05, 0) is 37.5 Å². The molecule has 6 heteroatoms. The summed E-state index contributed by atoms with van der Waals surface area (Å²) in [4.78, 5) is 18.9. The maximum absolute atomic E-state index is 12.2. The molecule has 0 spiro atoms. The van der Waals surface area contributed by atoms with Crippen molar-refractivity contribution in [1.29, 1.82) is 5.26 Å². The Labute approximate surface area is 156 Å². The van der Waals surface area contributed by atoms with Crippen LogP contribution in [0.2, 0.25) is 0 Å². The van der Waals surface area contributed by atoms with Gasteiger partial charge in [-0.1, -0.05) is 12.1 Å². The van der Waals surface area contributed by atoms with Gasteiger partial charge in [-0.15, -0.1) is 0 Å². The van der Waals surface area contributed by atoms with Crippen LogP contribution >= 0.6 is 0 Å². The number of carbonyl (C=O) groups is 1. The number of nitrogens with one attached hydrogen (secondary N) is 1. The number of rotatable bonds is 4. The van der Waals surface area contributed by atoms with Crippen molar-refractivity contribution in [2.75, 3.05) is 57.3 Å². The number of amides is 2. The molecule has 2 fully saturated rings. The highest BCUT2D eigenvalue weighted by atomic mass is 16.2. The summed E-state index contributed by atoms with van der Waals surface area (Å²) in [7, 11) is 0. The third kappa shape index (κ3) is 4.89. The minimum absolute atomic E-state index is 0.0137. The molecule has 3 rings (SSSR count). The van der Waals surface area contributed by atoms with E-state index in [9.17, 15) is 4.79 Å². The number of nitrogens with zero attached hydrogens (tertiary/aromatic N) is 4. The number of aryl methyl sites for hydroxylation is 1. The zero-order valence-electron chi connectivity index (χ0n) is 15.7. The van der Waals surface area contributed by atoms with Gasteiger partial charge in [-0.3, -0.25) is 4.90 Å². The Morgan fingerprint density at radius 2 is 1.92 bits per heavy atom. The molecule has 0 bridgehead atoms. The maximum atomic E-state index is 12.2. The number of anilines is 1. The van der Waals surface area contributed by atoms with Crippen LogP contribution in [0.4, 0.5) is 10.5 Å². The molecular weight excluding hydrogens is 326 g/mol. The Balaban J connectivity index is 1.34. The third-order valence-electron chi connectivity index (χ3n) is 5.41. The topological polar surface area (TPSA) is 62.6 Å². The van der Waals surface area contributed by atoms with E-state index in [1.54, 1.807) is 0 Å². The van der Waals surface area contributed by atoms with E-state index in [1.807, 2.05) is 4.90 Å². The molecule has 2 aliphatic heterocycles. The van der Waals surface area contributed by atoms with Crippen LogP contribution in [-0.4, -0.2) is 68.2 Å². The Kier molecular flexibility index (Phi) is 6.35. The molecule has 26 heavy (non-hydrogen) atoms. The largest absolute Gasteiger partial charge is 0.369 e. The van der Waals surface area contributed by atoms with E-state index >= 15 is 0 Å². The van der Waals surface area contributed by atoms with Crippen LogP contribution in [0.3, 0.4) is 0 Å². The smallest absolute Gasteiger partial charge is 0.317 e. The van der Waals surface area contributed by atoms with Gasteiger partial charge in [0.05, 0.1) is 6.07 Å². The fourth-order valence-corrected chi connectivity index (χ4v) is 3.70. The first kappa shape index (κ1) is 18.5. The van der Waals surface area contributed by atoms with Crippen molar-refractivity contribution >= 4 is 11.7 Å². The quantitative estimate of drug-likeness (QED) is 0.898. The summed E-state index contributed by atoms with van der Waals surface area (Å²) in [6.45, 7) is 9.19. The lowest BCUT2D eigenvalue weighted by atomic mass is 9.99. The average molecular weight is 355 g/mol. The van der Waals surface area contributed by atoms with Crippen molar-refractivity contribution < 1.29 is 4.79 Å². The molecule has 1 N–H and O–H groups in total. The predicted octanol–water partition coefficient (Wildman–Crippen LogP) is 2.06. The molecule has 2 amide bonds. The number of piperazine rings is 1. The van der Waals surface area contributed by atoms with Crippen LogP contribution < -0.4 is 10.2 Å². The standard InChI is InChI=1S/C20H29N5O/c1-17-3-2-4-19(15-17)24-13-11-23(12-14-24)10-7-22-20(26)25-8-5-18(16-21)6-9-25/h2-4,15,18H,5-14H2,1H3,(H,22,26). The molecule has 2 aliphatic rings. The number of piperidine rings is 1. The van der Waals surface area contributed by atoms with Crippen molar-refractivity contribution in [3.63, 3.8) is 0 Å². The summed E-state index contributed by atoms with van der Waals surface area (Å²) < 4.78 is 0. The van der Waals surface area contributed by atoms with Crippen LogP contribution in [0.25, 0.3) is 0 Å². The van der Waals surface area contributed by atoms with Crippen LogP contribution in [0.5, 0.6) is 0 Å². The van der Waals surface area contributed by atoms with Crippen molar-refractivity contribution in [2.24, 2.45) is 5.92 Å². The summed E-state index contributed by atoms with van der Waals surface area (Å²) in [6, 6.07) is 11.0. The molecule has 0 aliphatic carbocycles. The second kappa shape index (κ2) is 8.91. The van der Waals surface area contributed by atoms with E-state index in [0.717, 1.165) is 45.6 Å². The van der Waals surface area contributed by atoms with Crippen molar-refractivity contribution in [3.05, 3.63) is 29.8 Å². The maximum Gasteiger partial charge on any atom is 0.317 e.